The molecule has 0 amide bonds. The van der Waals surface area contributed by atoms with Crippen LogP contribution in [0.15, 0.2) is 24.3 Å². The molecule has 2 rings (SSSR count). The molecule has 1 unspecified atom stereocenters. The highest BCUT2D eigenvalue weighted by Crippen LogP contribution is 2.26. The van der Waals surface area contributed by atoms with Crippen molar-refractivity contribution in [1.82, 2.24) is 0 Å². The molecule has 1 atom stereocenters. The van der Waals surface area contributed by atoms with Crippen LogP contribution in [0.3, 0.4) is 0 Å². The molecule has 0 spiro atoms. The molecule has 0 saturated heterocycles. The zero-order valence-electron chi connectivity index (χ0n) is 8.53. The molecule has 1 aromatic carbocycles. The number of esters is 1. The fourth-order valence-corrected chi connectivity index (χ4v) is 1.87. The Labute approximate surface area is 88.1 Å². The van der Waals surface area contributed by atoms with E-state index in [0.717, 1.165) is 11.1 Å². The predicted molar refractivity (Wildman–Crippen MR) is 54.6 cm³/mol. The summed E-state index contributed by atoms with van der Waals surface area (Å²) in [4.78, 5) is 22.5. The summed E-state index contributed by atoms with van der Waals surface area (Å²) in [5.74, 6) is -0.433. The lowest BCUT2D eigenvalue weighted by atomic mass is 10.1. The fourth-order valence-electron chi connectivity index (χ4n) is 1.87. The predicted octanol–water partition coefficient (Wildman–Crippen LogP) is 1.60. The molecule has 0 bridgehead atoms. The van der Waals surface area contributed by atoms with Crippen LogP contribution >= 0.6 is 0 Å². The number of Topliss-reactive ketones (excluding diaryl/α,β-unsaturated/α-hetero) is 1. The van der Waals surface area contributed by atoms with E-state index < -0.39 is 0 Å². The summed E-state index contributed by atoms with van der Waals surface area (Å²) in [6.07, 6.45) is 0.683. The highest BCUT2D eigenvalue weighted by Gasteiger charge is 2.30. The van der Waals surface area contributed by atoms with Crippen molar-refractivity contribution in [3.8, 4) is 0 Å². The average molecular weight is 204 g/mol. The van der Waals surface area contributed by atoms with Crippen LogP contribution in [0.4, 0.5) is 0 Å². The summed E-state index contributed by atoms with van der Waals surface area (Å²) >= 11 is 0. The minimum atomic E-state index is -0.334. The van der Waals surface area contributed by atoms with Crippen molar-refractivity contribution >= 4 is 11.8 Å². The maximum Gasteiger partial charge on any atom is 0.302 e. The van der Waals surface area contributed by atoms with Crippen LogP contribution in [-0.2, 0) is 16.0 Å². The first-order chi connectivity index (χ1) is 7.18. The number of fused-ring (bicyclic) bond motifs is 1. The number of benzene rings is 1. The first-order valence-corrected chi connectivity index (χ1v) is 4.94. The van der Waals surface area contributed by atoms with Gasteiger partial charge in [-0.15, -0.1) is 0 Å². The second-order valence-corrected chi connectivity index (χ2v) is 3.73. The molecule has 3 nitrogen and oxygen atoms in total. The molecule has 78 valence electrons. The smallest absolute Gasteiger partial charge is 0.302 e. The summed E-state index contributed by atoms with van der Waals surface area (Å²) in [5.41, 5.74) is 1.83. The minimum Gasteiger partial charge on any atom is -0.465 e. The average Bonchev–Trinajstić information content (AvgIpc) is 2.54. The lowest BCUT2D eigenvalue weighted by molar-refractivity contribution is -0.141. The molecule has 1 aliphatic carbocycles. The summed E-state index contributed by atoms with van der Waals surface area (Å²) < 4.78 is 4.87. The Balaban J connectivity index is 2.10. The Morgan fingerprint density at radius 3 is 2.87 bits per heavy atom. The van der Waals surface area contributed by atoms with Crippen LogP contribution in [0.5, 0.6) is 0 Å². The van der Waals surface area contributed by atoms with E-state index in [1.807, 2.05) is 24.3 Å². The third-order valence-corrected chi connectivity index (χ3v) is 2.61. The van der Waals surface area contributed by atoms with Crippen molar-refractivity contribution < 1.29 is 14.3 Å². The van der Waals surface area contributed by atoms with Gasteiger partial charge in [0.1, 0.15) is 6.61 Å². The molecule has 0 aromatic heterocycles. The molecule has 0 radical (unpaired) electrons. The lowest BCUT2D eigenvalue weighted by Gasteiger charge is -2.06. The summed E-state index contributed by atoms with van der Waals surface area (Å²) in [7, 11) is 0. The van der Waals surface area contributed by atoms with Crippen molar-refractivity contribution in [3.05, 3.63) is 35.4 Å². The third-order valence-electron chi connectivity index (χ3n) is 2.61. The first kappa shape index (κ1) is 9.90. The highest BCUT2D eigenvalue weighted by atomic mass is 16.5. The van der Waals surface area contributed by atoms with Gasteiger partial charge in [0.15, 0.2) is 5.78 Å². The number of hydrogen-bond acceptors (Lipinski definition) is 3. The number of ketones is 1. The second kappa shape index (κ2) is 3.85. The zero-order chi connectivity index (χ0) is 10.8. The van der Waals surface area contributed by atoms with E-state index in [1.54, 1.807) is 0 Å². The van der Waals surface area contributed by atoms with E-state index in [2.05, 4.69) is 0 Å². The number of carbonyl (C=O) groups excluding carboxylic acids is 2. The zero-order valence-corrected chi connectivity index (χ0v) is 8.53. The Bertz CT molecular complexity index is 409. The molecule has 0 heterocycles. The third kappa shape index (κ3) is 1.91. The Hall–Kier alpha value is -1.64. The number of ether oxygens (including phenoxy) is 1. The van der Waals surface area contributed by atoms with Crippen molar-refractivity contribution in [1.29, 1.82) is 0 Å². The fraction of sp³-hybridized carbons (Fsp3) is 0.333. The maximum atomic E-state index is 11.8. The van der Waals surface area contributed by atoms with E-state index >= 15 is 0 Å². The van der Waals surface area contributed by atoms with Crippen molar-refractivity contribution in [2.24, 2.45) is 5.92 Å². The SMILES string of the molecule is CC(=O)OCC1Cc2ccccc2C1=O. The lowest BCUT2D eigenvalue weighted by Crippen LogP contribution is -2.17. The molecule has 3 heteroatoms. The highest BCUT2D eigenvalue weighted by molar-refractivity contribution is 6.02. The Morgan fingerprint density at radius 2 is 2.20 bits per heavy atom. The Kier molecular flexibility index (Phi) is 2.54. The van der Waals surface area contributed by atoms with Gasteiger partial charge in [-0.2, -0.15) is 0 Å². The van der Waals surface area contributed by atoms with E-state index in [0.29, 0.717) is 6.42 Å². The van der Waals surface area contributed by atoms with Crippen LogP contribution in [0.1, 0.15) is 22.8 Å². The van der Waals surface area contributed by atoms with E-state index in [-0.39, 0.29) is 24.3 Å². The molecular formula is C12H12O3. The maximum absolute atomic E-state index is 11.8. The summed E-state index contributed by atoms with van der Waals surface area (Å²) in [5, 5.41) is 0. The van der Waals surface area contributed by atoms with E-state index in [1.165, 1.54) is 6.92 Å². The standard InChI is InChI=1S/C12H12O3/c1-8(13)15-7-10-6-9-4-2-3-5-11(9)12(10)14/h2-5,10H,6-7H2,1H3. The first-order valence-electron chi connectivity index (χ1n) is 4.94. The largest absolute Gasteiger partial charge is 0.465 e. The van der Waals surface area contributed by atoms with Gasteiger partial charge >= 0.3 is 5.97 Å². The normalized spacial score (nSPS) is 18.7. The van der Waals surface area contributed by atoms with Crippen molar-refractivity contribution in [3.63, 3.8) is 0 Å². The van der Waals surface area contributed by atoms with Crippen LogP contribution in [-0.4, -0.2) is 18.4 Å². The van der Waals surface area contributed by atoms with Gasteiger partial charge in [0, 0.05) is 12.5 Å². The van der Waals surface area contributed by atoms with Gasteiger partial charge < -0.3 is 4.74 Å². The van der Waals surface area contributed by atoms with Crippen LogP contribution in [0.25, 0.3) is 0 Å². The topological polar surface area (TPSA) is 43.4 Å². The van der Waals surface area contributed by atoms with Gasteiger partial charge in [0.2, 0.25) is 0 Å². The second-order valence-electron chi connectivity index (χ2n) is 3.73. The van der Waals surface area contributed by atoms with Gasteiger partial charge in [0.25, 0.3) is 0 Å². The van der Waals surface area contributed by atoms with Crippen LogP contribution in [0.2, 0.25) is 0 Å². The van der Waals surface area contributed by atoms with Crippen molar-refractivity contribution in [2.45, 2.75) is 13.3 Å². The van der Waals surface area contributed by atoms with Crippen LogP contribution < -0.4 is 0 Å². The number of carbonyl (C=O) groups is 2. The van der Waals surface area contributed by atoms with E-state index in [9.17, 15) is 9.59 Å². The quantitative estimate of drug-likeness (QED) is 0.687. The van der Waals surface area contributed by atoms with E-state index in [4.69, 9.17) is 4.74 Å². The molecule has 0 saturated carbocycles. The summed E-state index contributed by atoms with van der Waals surface area (Å²) in [6.45, 7) is 1.55. The van der Waals surface area contributed by atoms with Gasteiger partial charge in [-0.3, -0.25) is 9.59 Å². The molecular weight excluding hydrogens is 192 g/mol. The monoisotopic (exact) mass is 204 g/mol. The van der Waals surface area contributed by atoms with Crippen LogP contribution in [0, 0.1) is 5.92 Å². The molecule has 1 aliphatic rings. The molecule has 0 fully saturated rings. The van der Waals surface area contributed by atoms with Gasteiger partial charge in [-0.1, -0.05) is 24.3 Å². The molecule has 0 aliphatic heterocycles. The molecule has 0 N–H and O–H groups in total. The van der Waals surface area contributed by atoms with Crippen molar-refractivity contribution in [2.75, 3.05) is 6.61 Å². The number of hydrogen-bond donors (Lipinski definition) is 0. The summed E-state index contributed by atoms with van der Waals surface area (Å²) in [6, 6.07) is 7.54. The Morgan fingerprint density at radius 1 is 1.47 bits per heavy atom. The minimum absolute atomic E-state index is 0.0897. The molecule has 15 heavy (non-hydrogen) atoms. The molecule has 1 aromatic rings. The van der Waals surface area contributed by atoms with Gasteiger partial charge in [-0.05, 0) is 12.0 Å². The van der Waals surface area contributed by atoms with Gasteiger partial charge in [-0.25, -0.2) is 0 Å². The number of rotatable bonds is 2. The van der Waals surface area contributed by atoms with Gasteiger partial charge in [0.05, 0.1) is 5.92 Å².